The number of morpholine rings is 1. The average molecular weight is 468 g/mol. The van der Waals surface area contributed by atoms with Crippen LogP contribution in [0, 0.1) is 18.2 Å². The number of aromatic nitrogens is 1. The minimum Gasteiger partial charge on any atom is -0.463 e. The Balaban J connectivity index is 1.90. The van der Waals surface area contributed by atoms with Crippen molar-refractivity contribution in [3.63, 3.8) is 0 Å². The van der Waals surface area contributed by atoms with Gasteiger partial charge in [-0.1, -0.05) is 12.0 Å². The van der Waals surface area contributed by atoms with E-state index in [2.05, 4.69) is 21.1 Å². The van der Waals surface area contributed by atoms with Gasteiger partial charge >= 0.3 is 5.97 Å². The molecule has 33 heavy (non-hydrogen) atoms. The lowest BCUT2D eigenvalue weighted by Gasteiger charge is -2.35. The number of nitrogens with zero attached hydrogens (tertiary/aromatic N) is 2. The van der Waals surface area contributed by atoms with Crippen molar-refractivity contribution in [1.82, 2.24) is 15.2 Å². The van der Waals surface area contributed by atoms with Crippen LogP contribution in [-0.2, 0) is 14.3 Å². The molecule has 4 rings (SSSR count). The molecule has 0 aliphatic carbocycles. The summed E-state index contributed by atoms with van der Waals surface area (Å²) >= 11 is 1.51. The van der Waals surface area contributed by atoms with E-state index in [1.165, 1.54) is 23.5 Å². The molecule has 1 saturated heterocycles. The van der Waals surface area contributed by atoms with Crippen LogP contribution in [0.25, 0.3) is 5.70 Å². The number of allylic oxidation sites excluding steroid dienone is 1. The van der Waals surface area contributed by atoms with E-state index in [0.717, 1.165) is 35.1 Å². The first-order chi connectivity index (χ1) is 16.0. The van der Waals surface area contributed by atoms with Gasteiger partial charge in [0.05, 0.1) is 31.1 Å². The fraction of sp³-hybridized carbons (Fsp3) is 0.360. The number of carbonyl (C=O) groups excluding carboxylic acids is 1. The van der Waals surface area contributed by atoms with Gasteiger partial charge in [-0.2, -0.15) is 0 Å². The second-order valence-electron chi connectivity index (χ2n) is 7.83. The Morgan fingerprint density at radius 3 is 2.88 bits per heavy atom. The van der Waals surface area contributed by atoms with E-state index >= 15 is 0 Å². The fourth-order valence-electron chi connectivity index (χ4n) is 4.27. The van der Waals surface area contributed by atoms with Crippen LogP contribution in [0.5, 0.6) is 0 Å². The van der Waals surface area contributed by atoms with Crippen LogP contribution in [-0.4, -0.2) is 55.3 Å². The van der Waals surface area contributed by atoms with Crippen LogP contribution < -0.4 is 5.32 Å². The van der Waals surface area contributed by atoms with Crippen molar-refractivity contribution in [2.45, 2.75) is 19.8 Å². The molecule has 3 heterocycles. The van der Waals surface area contributed by atoms with E-state index in [4.69, 9.17) is 15.9 Å². The lowest BCUT2D eigenvalue weighted by Crippen LogP contribution is -2.41. The second kappa shape index (κ2) is 10.3. The lowest BCUT2D eigenvalue weighted by atomic mass is 9.79. The maximum atomic E-state index is 14.0. The molecule has 1 fully saturated rings. The van der Waals surface area contributed by atoms with Gasteiger partial charge in [-0.3, -0.25) is 4.90 Å². The summed E-state index contributed by atoms with van der Waals surface area (Å²) in [5.74, 6) is 1.27. The molecule has 2 aliphatic heterocycles. The van der Waals surface area contributed by atoms with Crippen molar-refractivity contribution in [2.24, 2.45) is 0 Å². The van der Waals surface area contributed by atoms with Gasteiger partial charge in [0.1, 0.15) is 10.8 Å². The molecule has 0 amide bonds. The molecule has 1 N–H and O–H groups in total. The van der Waals surface area contributed by atoms with Crippen molar-refractivity contribution >= 4 is 23.0 Å². The van der Waals surface area contributed by atoms with E-state index in [-0.39, 0.29) is 6.61 Å². The van der Waals surface area contributed by atoms with Crippen LogP contribution in [0.4, 0.5) is 4.39 Å². The number of terminal acetylenes is 1. The maximum absolute atomic E-state index is 14.0. The van der Waals surface area contributed by atoms with Gasteiger partial charge in [-0.25, -0.2) is 14.2 Å². The first-order valence-corrected chi connectivity index (χ1v) is 11.7. The molecule has 1 aromatic heterocycles. The van der Waals surface area contributed by atoms with Crippen LogP contribution in [0.2, 0.25) is 0 Å². The molecule has 0 unspecified atom stereocenters. The highest BCUT2D eigenvalue weighted by Crippen LogP contribution is 2.42. The Labute approximate surface area is 197 Å². The molecule has 6 nitrogen and oxygen atoms in total. The Hall–Kier alpha value is -2.99. The van der Waals surface area contributed by atoms with Gasteiger partial charge in [-0.15, -0.1) is 17.8 Å². The minimum absolute atomic E-state index is 0.243. The SMILES string of the molecule is C#Cc1cc(F)ccc1[C@H]1C(C)=C(c2nccs2)NC(CN2CCOCC2)=C1C(=O)OCC. The van der Waals surface area contributed by atoms with Crippen molar-refractivity contribution in [1.29, 1.82) is 0 Å². The highest BCUT2D eigenvalue weighted by Gasteiger charge is 2.37. The first kappa shape index (κ1) is 23.2. The van der Waals surface area contributed by atoms with Gasteiger partial charge < -0.3 is 14.8 Å². The Bertz CT molecular complexity index is 1130. The molecule has 0 spiro atoms. The maximum Gasteiger partial charge on any atom is 0.336 e. The van der Waals surface area contributed by atoms with E-state index in [9.17, 15) is 9.18 Å². The van der Waals surface area contributed by atoms with Crippen LogP contribution >= 0.6 is 11.3 Å². The average Bonchev–Trinajstić information content (AvgIpc) is 3.35. The zero-order valence-electron chi connectivity index (χ0n) is 18.7. The minimum atomic E-state index is -0.494. The molecule has 172 valence electrons. The van der Waals surface area contributed by atoms with Gasteiger partial charge in [0, 0.05) is 48.4 Å². The third-order valence-corrected chi connectivity index (χ3v) is 6.62. The topological polar surface area (TPSA) is 63.7 Å². The van der Waals surface area contributed by atoms with Gasteiger partial charge in [0.15, 0.2) is 0 Å². The van der Waals surface area contributed by atoms with Crippen molar-refractivity contribution < 1.29 is 18.7 Å². The number of hydrogen-bond donors (Lipinski definition) is 1. The van der Waals surface area contributed by atoms with Crippen LogP contribution in [0.1, 0.15) is 35.9 Å². The standard InChI is InChI=1S/C25H26FN3O3S/c1-4-17-14-18(26)6-7-19(17)21-16(3)23(24-27-8-13-33-24)28-20(22(21)25(30)32-5-2)15-29-9-11-31-12-10-29/h1,6-8,13-14,21,28H,5,9-12,15H2,2-3H3/t21-/m1/s1. The van der Waals surface area contributed by atoms with E-state index < -0.39 is 17.7 Å². The van der Waals surface area contributed by atoms with Crippen LogP contribution in [0.15, 0.2) is 46.6 Å². The summed E-state index contributed by atoms with van der Waals surface area (Å²) in [6.07, 6.45) is 7.50. The number of esters is 1. The summed E-state index contributed by atoms with van der Waals surface area (Å²) in [7, 11) is 0. The third kappa shape index (κ3) is 4.86. The number of dihydropyridines is 1. The Morgan fingerprint density at radius 1 is 1.42 bits per heavy atom. The van der Waals surface area contributed by atoms with E-state index in [0.29, 0.717) is 36.5 Å². The highest BCUT2D eigenvalue weighted by atomic mass is 32.1. The molecule has 1 aromatic carbocycles. The number of ether oxygens (including phenoxy) is 2. The van der Waals surface area contributed by atoms with Gasteiger partial charge in [0.25, 0.3) is 0 Å². The number of carbonyl (C=O) groups is 1. The van der Waals surface area contributed by atoms with Crippen molar-refractivity contribution in [3.8, 4) is 12.3 Å². The van der Waals surface area contributed by atoms with E-state index in [1.807, 2.05) is 12.3 Å². The molecule has 0 radical (unpaired) electrons. The number of benzene rings is 1. The summed E-state index contributed by atoms with van der Waals surface area (Å²) in [5.41, 5.74) is 4.04. The largest absolute Gasteiger partial charge is 0.463 e. The second-order valence-corrected chi connectivity index (χ2v) is 8.72. The zero-order chi connectivity index (χ0) is 23.4. The Morgan fingerprint density at radius 2 is 2.21 bits per heavy atom. The Kier molecular flexibility index (Phi) is 7.23. The molecule has 0 saturated carbocycles. The smallest absolute Gasteiger partial charge is 0.336 e. The predicted molar refractivity (Wildman–Crippen MR) is 126 cm³/mol. The predicted octanol–water partition coefficient (Wildman–Crippen LogP) is 3.53. The molecular weight excluding hydrogens is 441 g/mol. The number of hydrogen-bond acceptors (Lipinski definition) is 7. The zero-order valence-corrected chi connectivity index (χ0v) is 19.5. The summed E-state index contributed by atoms with van der Waals surface area (Å²) in [6.45, 7) is 7.28. The summed E-state index contributed by atoms with van der Waals surface area (Å²) in [5, 5.41) is 6.20. The van der Waals surface area contributed by atoms with Gasteiger partial charge in [-0.05, 0) is 37.1 Å². The molecule has 2 aliphatic rings. The lowest BCUT2D eigenvalue weighted by molar-refractivity contribution is -0.138. The summed E-state index contributed by atoms with van der Waals surface area (Å²) in [6, 6.07) is 4.37. The first-order valence-electron chi connectivity index (χ1n) is 10.9. The van der Waals surface area contributed by atoms with Gasteiger partial charge in [0.2, 0.25) is 0 Å². The van der Waals surface area contributed by atoms with Crippen LogP contribution in [0.3, 0.4) is 0 Å². The quantitative estimate of drug-likeness (QED) is 0.518. The summed E-state index contributed by atoms with van der Waals surface area (Å²) in [4.78, 5) is 20.0. The number of nitrogens with one attached hydrogen (secondary N) is 1. The summed E-state index contributed by atoms with van der Waals surface area (Å²) < 4.78 is 25.0. The third-order valence-electron chi connectivity index (χ3n) is 5.83. The fourth-order valence-corrected chi connectivity index (χ4v) is 4.97. The molecule has 2 aromatic rings. The highest BCUT2D eigenvalue weighted by molar-refractivity contribution is 7.10. The van der Waals surface area contributed by atoms with Crippen molar-refractivity contribution in [3.05, 3.63) is 68.6 Å². The molecule has 1 atom stereocenters. The number of halogens is 1. The van der Waals surface area contributed by atoms with Crippen molar-refractivity contribution in [2.75, 3.05) is 39.5 Å². The van der Waals surface area contributed by atoms with E-state index in [1.54, 1.807) is 19.2 Å². The molecular formula is C25H26FN3O3S. The monoisotopic (exact) mass is 467 g/mol. The normalized spacial score (nSPS) is 19.3. The molecule has 0 bridgehead atoms. The number of rotatable bonds is 6. The molecule has 8 heteroatoms. The number of thiazole rings is 1.